The third-order valence-electron chi connectivity index (χ3n) is 3.05. The van der Waals surface area contributed by atoms with Crippen LogP contribution < -0.4 is 10.6 Å². The Morgan fingerprint density at radius 3 is 1.80 bits per heavy atom. The van der Waals surface area contributed by atoms with Gasteiger partial charge in [-0.05, 0) is 0 Å². The molecule has 0 saturated heterocycles. The van der Waals surface area contributed by atoms with Crippen LogP contribution in [0.2, 0.25) is 0 Å². The maximum atomic E-state index is 13.7. The number of rotatable bonds is 5. The fourth-order valence-corrected chi connectivity index (χ4v) is 4.68. The predicted octanol–water partition coefficient (Wildman–Crippen LogP) is 3.67. The van der Waals surface area contributed by atoms with Crippen LogP contribution in [0.25, 0.3) is 0 Å². The number of hydrogen-bond donors (Lipinski definition) is 0. The summed E-state index contributed by atoms with van der Waals surface area (Å²) in [5, 5.41) is 2.14. The zero-order chi connectivity index (χ0) is 14.4. The molecule has 2 rings (SSSR count). The lowest BCUT2D eigenvalue weighted by Gasteiger charge is -2.20. The van der Waals surface area contributed by atoms with Gasteiger partial charge in [-0.2, -0.15) is 0 Å². The molecule has 0 bridgehead atoms. The van der Waals surface area contributed by atoms with Crippen molar-refractivity contribution in [3.8, 4) is 0 Å². The predicted molar refractivity (Wildman–Crippen MR) is 85.0 cm³/mol. The van der Waals surface area contributed by atoms with E-state index in [-0.39, 0.29) is 0 Å². The third kappa shape index (κ3) is 2.61. The van der Waals surface area contributed by atoms with Gasteiger partial charge in [0.05, 0.1) is 18.7 Å². The molecule has 2 aromatic carbocycles. The van der Waals surface area contributed by atoms with E-state index in [1.807, 2.05) is 60.7 Å². The highest BCUT2D eigenvalue weighted by molar-refractivity contribution is 7.82. The first-order valence-corrected chi connectivity index (χ1v) is 8.01. The second-order valence-corrected chi connectivity index (χ2v) is 7.03. The molecule has 0 unspecified atom stereocenters. The summed E-state index contributed by atoms with van der Waals surface area (Å²) in [6.45, 7) is 3.78. The smallest absolute Gasteiger partial charge is 0.174 e. The Bertz CT molecular complexity index is 602. The second kappa shape index (κ2) is 6.40. The molecule has 0 aliphatic rings. The molecule has 0 aliphatic heterocycles. The van der Waals surface area contributed by atoms with E-state index in [2.05, 4.69) is 6.58 Å². The van der Waals surface area contributed by atoms with Crippen molar-refractivity contribution in [1.29, 1.82) is 0 Å². The highest BCUT2D eigenvalue weighted by Crippen LogP contribution is 2.52. The summed E-state index contributed by atoms with van der Waals surface area (Å²) in [5.74, 6) is 0. The van der Waals surface area contributed by atoms with Crippen molar-refractivity contribution in [3.63, 3.8) is 0 Å². The Kier molecular flexibility index (Phi) is 4.60. The van der Waals surface area contributed by atoms with Gasteiger partial charge >= 0.3 is 0 Å². The van der Waals surface area contributed by atoms with Crippen molar-refractivity contribution in [3.05, 3.63) is 84.9 Å². The molecule has 20 heavy (non-hydrogen) atoms. The molecule has 0 amide bonds. The van der Waals surface area contributed by atoms with Gasteiger partial charge in [0.25, 0.3) is 0 Å². The first-order chi connectivity index (χ1) is 9.73. The highest BCUT2D eigenvalue weighted by atomic mass is 31.2. The minimum absolute atomic E-state index is 0.595. The van der Waals surface area contributed by atoms with Crippen LogP contribution in [0.15, 0.2) is 84.9 Å². The Balaban J connectivity index is 2.71. The molecule has 3 heteroatoms. The van der Waals surface area contributed by atoms with Crippen LogP contribution in [-0.4, -0.2) is 7.11 Å². The number of ether oxygens (including phenoxy) is 1. The molecular weight excluding hydrogens is 267 g/mol. The molecule has 0 heterocycles. The lowest BCUT2D eigenvalue weighted by molar-refractivity contribution is 0.337. The summed E-state index contributed by atoms with van der Waals surface area (Å²) >= 11 is 0. The zero-order valence-electron chi connectivity index (χ0n) is 11.4. The lowest BCUT2D eigenvalue weighted by Crippen LogP contribution is -2.16. The molecule has 2 nitrogen and oxygen atoms in total. The minimum Gasteiger partial charge on any atom is -0.504 e. The van der Waals surface area contributed by atoms with E-state index in [1.54, 1.807) is 13.2 Å². The largest absolute Gasteiger partial charge is 0.504 e. The fraction of sp³-hybridized carbons (Fsp3) is 0.0588. The quantitative estimate of drug-likeness (QED) is 0.475. The van der Waals surface area contributed by atoms with Gasteiger partial charge in [-0.15, -0.1) is 0 Å². The molecule has 0 fully saturated rings. The molecule has 0 saturated carbocycles. The summed E-state index contributed by atoms with van der Waals surface area (Å²) in [4.78, 5) is 0. The molecule has 0 aromatic heterocycles. The van der Waals surface area contributed by atoms with E-state index < -0.39 is 7.14 Å². The standard InChI is InChI=1S/C17H17O2P/c1-3-15(14-19-2)20(18,16-10-6-4-7-11-16)17-12-8-5-9-13-17/h3-14H,1H2,2H3/b15-14-. The van der Waals surface area contributed by atoms with Gasteiger partial charge in [0, 0.05) is 10.6 Å². The Labute approximate surface area is 119 Å². The SMILES string of the molecule is C=C/C(=C/OC)P(=O)(c1ccccc1)c1ccccc1. The molecule has 2 aromatic rings. The van der Waals surface area contributed by atoms with Gasteiger partial charge in [0.1, 0.15) is 0 Å². The van der Waals surface area contributed by atoms with Crippen molar-refractivity contribution >= 4 is 17.8 Å². The second-order valence-electron chi connectivity index (χ2n) is 4.26. The number of hydrogen-bond acceptors (Lipinski definition) is 2. The van der Waals surface area contributed by atoms with Gasteiger partial charge < -0.3 is 9.30 Å². The van der Waals surface area contributed by atoms with Crippen molar-refractivity contribution in [2.75, 3.05) is 7.11 Å². The van der Waals surface area contributed by atoms with Crippen LogP contribution in [0.1, 0.15) is 0 Å². The van der Waals surface area contributed by atoms with Crippen molar-refractivity contribution in [2.24, 2.45) is 0 Å². The van der Waals surface area contributed by atoms with Crippen LogP contribution in [0, 0.1) is 0 Å². The molecular formula is C17H17O2P. The van der Waals surface area contributed by atoms with Crippen LogP contribution >= 0.6 is 7.14 Å². The van der Waals surface area contributed by atoms with E-state index >= 15 is 0 Å². The monoisotopic (exact) mass is 284 g/mol. The van der Waals surface area contributed by atoms with E-state index in [1.165, 1.54) is 6.26 Å². The first-order valence-electron chi connectivity index (χ1n) is 6.30. The first kappa shape index (κ1) is 14.4. The van der Waals surface area contributed by atoms with Crippen LogP contribution in [0.3, 0.4) is 0 Å². The molecule has 0 spiro atoms. The molecule has 0 N–H and O–H groups in total. The van der Waals surface area contributed by atoms with Crippen molar-refractivity contribution in [1.82, 2.24) is 0 Å². The van der Waals surface area contributed by atoms with E-state index in [0.29, 0.717) is 5.31 Å². The topological polar surface area (TPSA) is 26.3 Å². The van der Waals surface area contributed by atoms with Gasteiger partial charge in [-0.1, -0.05) is 73.3 Å². The van der Waals surface area contributed by atoms with E-state index in [4.69, 9.17) is 4.74 Å². The van der Waals surface area contributed by atoms with Gasteiger partial charge in [0.2, 0.25) is 0 Å². The summed E-state index contributed by atoms with van der Waals surface area (Å²) < 4.78 is 18.8. The van der Waals surface area contributed by atoms with Crippen LogP contribution in [0.5, 0.6) is 0 Å². The van der Waals surface area contributed by atoms with Gasteiger partial charge in [-0.25, -0.2) is 0 Å². The summed E-state index contributed by atoms with van der Waals surface area (Å²) in [5.41, 5.74) is 0. The molecule has 0 radical (unpaired) electrons. The Morgan fingerprint density at radius 1 is 1.00 bits per heavy atom. The maximum absolute atomic E-state index is 13.7. The van der Waals surface area contributed by atoms with E-state index in [0.717, 1.165) is 10.6 Å². The average Bonchev–Trinajstić information content (AvgIpc) is 2.53. The Morgan fingerprint density at radius 2 is 1.45 bits per heavy atom. The molecule has 0 atom stereocenters. The third-order valence-corrected chi connectivity index (χ3v) is 6.12. The number of methoxy groups -OCH3 is 1. The normalized spacial score (nSPS) is 11.9. The highest BCUT2D eigenvalue weighted by Gasteiger charge is 2.30. The number of allylic oxidation sites excluding steroid dienone is 2. The lowest BCUT2D eigenvalue weighted by atomic mass is 10.4. The maximum Gasteiger partial charge on any atom is 0.174 e. The zero-order valence-corrected chi connectivity index (χ0v) is 12.3. The van der Waals surface area contributed by atoms with E-state index in [9.17, 15) is 4.57 Å². The summed E-state index contributed by atoms with van der Waals surface area (Å²) in [6.07, 6.45) is 3.11. The summed E-state index contributed by atoms with van der Waals surface area (Å²) in [6, 6.07) is 18.9. The van der Waals surface area contributed by atoms with Crippen LogP contribution in [-0.2, 0) is 9.30 Å². The average molecular weight is 284 g/mol. The molecule has 0 aliphatic carbocycles. The van der Waals surface area contributed by atoms with Gasteiger partial charge in [0.15, 0.2) is 7.14 Å². The summed E-state index contributed by atoms with van der Waals surface area (Å²) in [7, 11) is -1.39. The minimum atomic E-state index is -2.93. The van der Waals surface area contributed by atoms with Crippen LogP contribution in [0.4, 0.5) is 0 Å². The fourth-order valence-electron chi connectivity index (χ4n) is 2.09. The van der Waals surface area contributed by atoms with Gasteiger partial charge in [-0.3, -0.25) is 0 Å². The molecule has 102 valence electrons. The Hall–Kier alpha value is -2.05. The number of benzene rings is 2. The van der Waals surface area contributed by atoms with Crippen molar-refractivity contribution in [2.45, 2.75) is 0 Å². The van der Waals surface area contributed by atoms with Crippen molar-refractivity contribution < 1.29 is 9.30 Å².